The number of rotatable bonds is 4. The van der Waals surface area contributed by atoms with Crippen LogP contribution in [0.5, 0.6) is 5.88 Å². The molecule has 1 N–H and O–H groups in total. The van der Waals surface area contributed by atoms with Crippen molar-refractivity contribution < 1.29 is 19.0 Å². The van der Waals surface area contributed by atoms with Gasteiger partial charge in [0.1, 0.15) is 5.82 Å². The van der Waals surface area contributed by atoms with E-state index < -0.39 is 17.4 Å². The molecule has 1 fully saturated rings. The average molecular weight is 351 g/mol. The van der Waals surface area contributed by atoms with E-state index in [0.717, 1.165) is 12.8 Å². The summed E-state index contributed by atoms with van der Waals surface area (Å²) in [5.74, 6) is -1.12. The number of aromatic nitrogens is 2. The Morgan fingerprint density at radius 3 is 2.62 bits per heavy atom. The van der Waals surface area contributed by atoms with Gasteiger partial charge < -0.3 is 9.84 Å². The molecule has 0 unspecified atom stereocenters. The Morgan fingerprint density at radius 2 is 2.00 bits per heavy atom. The van der Waals surface area contributed by atoms with Crippen LogP contribution < -0.4 is 4.74 Å². The van der Waals surface area contributed by atoms with Gasteiger partial charge in [0.25, 0.3) is 0 Å². The molecule has 126 valence electrons. The van der Waals surface area contributed by atoms with E-state index in [4.69, 9.17) is 16.3 Å². The first-order chi connectivity index (χ1) is 11.4. The molecule has 7 heteroatoms. The first kappa shape index (κ1) is 16.6. The third kappa shape index (κ3) is 3.19. The van der Waals surface area contributed by atoms with Crippen molar-refractivity contribution in [1.82, 2.24) is 9.97 Å². The molecule has 0 aliphatic heterocycles. The zero-order valence-electron chi connectivity index (χ0n) is 13.1. The summed E-state index contributed by atoms with van der Waals surface area (Å²) in [6.45, 7) is 1.74. The summed E-state index contributed by atoms with van der Waals surface area (Å²) in [5.41, 5.74) is -0.200. The second kappa shape index (κ2) is 6.36. The van der Waals surface area contributed by atoms with Crippen LogP contribution in [-0.4, -0.2) is 26.6 Å². The lowest BCUT2D eigenvalue weighted by Gasteiger charge is -2.25. The molecule has 24 heavy (non-hydrogen) atoms. The van der Waals surface area contributed by atoms with E-state index in [1.54, 1.807) is 19.1 Å². The fourth-order valence-corrected chi connectivity index (χ4v) is 2.98. The van der Waals surface area contributed by atoms with Crippen LogP contribution in [0.25, 0.3) is 11.4 Å². The maximum absolute atomic E-state index is 13.7. The molecule has 3 rings (SSSR count). The van der Waals surface area contributed by atoms with Crippen molar-refractivity contribution in [2.45, 2.75) is 38.2 Å². The molecule has 2 aromatic rings. The largest absolute Gasteiger partial charge is 0.478 e. The molecular weight excluding hydrogens is 335 g/mol. The van der Waals surface area contributed by atoms with Crippen LogP contribution in [0.2, 0.25) is 5.02 Å². The molecule has 0 bridgehead atoms. The molecule has 0 radical (unpaired) electrons. The standard InChI is InChI=1S/C17H16ClFN2O3/c1-10-8-14(24-17(16(22)23)6-2-3-7-17)21-15(20-10)11-4-5-12(18)13(19)9-11/h4-5,8-9H,2-3,6-7H2,1H3,(H,22,23). The number of halogens is 2. The van der Waals surface area contributed by atoms with Crippen LogP contribution in [0, 0.1) is 12.7 Å². The molecule has 1 aromatic carbocycles. The summed E-state index contributed by atoms with van der Waals surface area (Å²) >= 11 is 5.69. The summed E-state index contributed by atoms with van der Waals surface area (Å²) < 4.78 is 19.4. The van der Waals surface area contributed by atoms with Crippen LogP contribution in [0.4, 0.5) is 4.39 Å². The third-order valence-electron chi connectivity index (χ3n) is 4.11. The zero-order chi connectivity index (χ0) is 17.3. The Morgan fingerprint density at radius 1 is 1.29 bits per heavy atom. The van der Waals surface area contributed by atoms with Crippen LogP contribution >= 0.6 is 11.6 Å². The zero-order valence-corrected chi connectivity index (χ0v) is 13.8. The van der Waals surface area contributed by atoms with Crippen LogP contribution in [-0.2, 0) is 4.79 Å². The van der Waals surface area contributed by atoms with Crippen LogP contribution in [0.1, 0.15) is 31.4 Å². The lowest BCUT2D eigenvalue weighted by Crippen LogP contribution is -2.42. The van der Waals surface area contributed by atoms with Crippen molar-refractivity contribution in [2.75, 3.05) is 0 Å². The average Bonchev–Trinajstić information content (AvgIpc) is 2.99. The fraction of sp³-hybridized carbons (Fsp3) is 0.353. The number of hydrogen-bond donors (Lipinski definition) is 1. The van der Waals surface area contributed by atoms with E-state index in [1.807, 2.05) is 0 Å². The molecule has 1 aromatic heterocycles. The monoisotopic (exact) mass is 350 g/mol. The van der Waals surface area contributed by atoms with Gasteiger partial charge in [0, 0.05) is 17.3 Å². The summed E-state index contributed by atoms with van der Waals surface area (Å²) in [7, 11) is 0. The molecule has 1 aliphatic carbocycles. The van der Waals surface area contributed by atoms with Crippen molar-refractivity contribution in [2.24, 2.45) is 0 Å². The minimum absolute atomic E-state index is 0.0127. The summed E-state index contributed by atoms with van der Waals surface area (Å²) in [6.07, 6.45) is 2.48. The Bertz CT molecular complexity index is 791. The van der Waals surface area contributed by atoms with E-state index in [2.05, 4.69) is 9.97 Å². The SMILES string of the molecule is Cc1cc(OC2(C(=O)O)CCCC2)nc(-c2ccc(Cl)c(F)c2)n1. The van der Waals surface area contributed by atoms with Crippen molar-refractivity contribution in [3.63, 3.8) is 0 Å². The number of carbonyl (C=O) groups is 1. The molecule has 1 aliphatic rings. The van der Waals surface area contributed by atoms with Crippen molar-refractivity contribution >= 4 is 17.6 Å². The highest BCUT2D eigenvalue weighted by Crippen LogP contribution is 2.35. The minimum atomic E-state index is -1.25. The van der Waals surface area contributed by atoms with Crippen molar-refractivity contribution in [3.05, 3.63) is 40.8 Å². The van der Waals surface area contributed by atoms with Gasteiger partial charge in [0.2, 0.25) is 11.5 Å². The highest BCUT2D eigenvalue weighted by Gasteiger charge is 2.44. The molecule has 0 spiro atoms. The van der Waals surface area contributed by atoms with Gasteiger partial charge in [-0.2, -0.15) is 4.98 Å². The van der Waals surface area contributed by atoms with Gasteiger partial charge in [0.15, 0.2) is 5.82 Å². The van der Waals surface area contributed by atoms with Gasteiger partial charge in [-0.05, 0) is 50.8 Å². The number of carboxylic acids is 1. The maximum Gasteiger partial charge on any atom is 0.348 e. The topological polar surface area (TPSA) is 72.3 Å². The van der Waals surface area contributed by atoms with E-state index in [1.165, 1.54) is 12.1 Å². The van der Waals surface area contributed by atoms with Crippen LogP contribution in [0.15, 0.2) is 24.3 Å². The predicted molar refractivity (Wildman–Crippen MR) is 86.6 cm³/mol. The minimum Gasteiger partial charge on any atom is -0.478 e. The van der Waals surface area contributed by atoms with Gasteiger partial charge in [0.05, 0.1) is 5.02 Å². The number of aryl methyl sites for hydroxylation is 1. The Labute approximate surface area is 143 Å². The normalized spacial score (nSPS) is 16.1. The second-order valence-electron chi connectivity index (χ2n) is 5.91. The number of nitrogens with zero attached hydrogens (tertiary/aromatic N) is 2. The summed E-state index contributed by atoms with van der Waals surface area (Å²) in [5, 5.41) is 9.53. The van der Waals surface area contributed by atoms with Gasteiger partial charge in [-0.3, -0.25) is 0 Å². The number of ether oxygens (including phenoxy) is 1. The van der Waals surface area contributed by atoms with Gasteiger partial charge >= 0.3 is 5.97 Å². The van der Waals surface area contributed by atoms with E-state index in [-0.39, 0.29) is 16.7 Å². The van der Waals surface area contributed by atoms with Crippen molar-refractivity contribution in [3.8, 4) is 17.3 Å². The Hall–Kier alpha value is -2.21. The van der Waals surface area contributed by atoms with Gasteiger partial charge in [-0.1, -0.05) is 11.6 Å². The molecule has 0 atom stereocenters. The molecule has 0 amide bonds. The second-order valence-corrected chi connectivity index (χ2v) is 6.32. The molecular formula is C17H16ClFN2O3. The highest BCUT2D eigenvalue weighted by molar-refractivity contribution is 6.30. The Kier molecular flexibility index (Phi) is 4.41. The molecule has 1 heterocycles. The number of hydrogen-bond acceptors (Lipinski definition) is 4. The van der Waals surface area contributed by atoms with Gasteiger partial charge in [-0.15, -0.1) is 0 Å². The predicted octanol–water partition coefficient (Wildman–Crippen LogP) is 4.02. The fourth-order valence-electron chi connectivity index (χ4n) is 2.86. The first-order valence-corrected chi connectivity index (χ1v) is 8.01. The van der Waals surface area contributed by atoms with Gasteiger partial charge in [-0.25, -0.2) is 14.2 Å². The lowest BCUT2D eigenvalue weighted by molar-refractivity contribution is -0.155. The van der Waals surface area contributed by atoms with Crippen molar-refractivity contribution in [1.29, 1.82) is 0 Å². The number of aliphatic carboxylic acids is 1. The number of benzene rings is 1. The van der Waals surface area contributed by atoms with E-state index in [0.29, 0.717) is 24.1 Å². The van der Waals surface area contributed by atoms with Crippen LogP contribution in [0.3, 0.4) is 0 Å². The van der Waals surface area contributed by atoms with E-state index >= 15 is 0 Å². The first-order valence-electron chi connectivity index (χ1n) is 7.63. The molecule has 0 saturated heterocycles. The maximum atomic E-state index is 13.7. The quantitative estimate of drug-likeness (QED) is 0.901. The summed E-state index contributed by atoms with van der Waals surface area (Å²) in [4.78, 5) is 20.1. The third-order valence-corrected chi connectivity index (χ3v) is 4.42. The summed E-state index contributed by atoms with van der Waals surface area (Å²) in [6, 6.07) is 5.85. The van der Waals surface area contributed by atoms with E-state index in [9.17, 15) is 14.3 Å². The smallest absolute Gasteiger partial charge is 0.348 e. The molecule has 5 nitrogen and oxygen atoms in total. The lowest BCUT2D eigenvalue weighted by atomic mass is 10.0. The molecule has 1 saturated carbocycles. The Balaban J connectivity index is 1.97. The highest BCUT2D eigenvalue weighted by atomic mass is 35.5. The number of carboxylic acid groups (broad SMARTS) is 1.